The monoisotopic (exact) mass is 257 g/mol. The molecule has 0 heterocycles. The average molecular weight is 257 g/mol. The van der Waals surface area contributed by atoms with E-state index in [0.29, 0.717) is 6.42 Å². The Balaban J connectivity index is 2.19. The smallest absolute Gasteiger partial charge is 0.219 e. The Kier molecular flexibility index (Phi) is 4.39. The van der Waals surface area contributed by atoms with Crippen molar-refractivity contribution < 1.29 is 9.53 Å². The van der Waals surface area contributed by atoms with E-state index in [4.69, 9.17) is 4.74 Å². The molecule has 2 aromatic rings. The summed E-state index contributed by atoms with van der Waals surface area (Å²) in [5, 5.41) is 5.06. The molecule has 0 atom stereocenters. The molecule has 0 saturated carbocycles. The minimum absolute atomic E-state index is 0.0952. The molecule has 19 heavy (non-hydrogen) atoms. The lowest BCUT2D eigenvalue weighted by Gasteiger charge is -2.08. The third-order valence-corrected chi connectivity index (χ3v) is 3.31. The number of hydrogen-bond donors (Lipinski definition) is 1. The molecule has 0 unspecified atom stereocenters. The van der Waals surface area contributed by atoms with Crippen LogP contribution in [0.3, 0.4) is 0 Å². The van der Waals surface area contributed by atoms with Gasteiger partial charge in [0, 0.05) is 13.5 Å². The van der Waals surface area contributed by atoms with E-state index in [2.05, 4.69) is 35.6 Å². The Morgan fingerprint density at radius 2 is 2.11 bits per heavy atom. The normalized spacial score (nSPS) is 10.4. The van der Waals surface area contributed by atoms with Gasteiger partial charge in [-0.15, -0.1) is 0 Å². The van der Waals surface area contributed by atoms with Gasteiger partial charge in [0.05, 0.1) is 7.11 Å². The SMILES string of the molecule is CNC(=O)CCCc1cccc2ccc(OC)cc12. The van der Waals surface area contributed by atoms with E-state index < -0.39 is 0 Å². The fourth-order valence-corrected chi connectivity index (χ4v) is 2.23. The van der Waals surface area contributed by atoms with Crippen molar-refractivity contribution in [3.05, 3.63) is 42.0 Å². The first-order valence-electron chi connectivity index (χ1n) is 6.51. The topological polar surface area (TPSA) is 38.3 Å². The number of amides is 1. The number of methoxy groups -OCH3 is 1. The van der Waals surface area contributed by atoms with Crippen molar-refractivity contribution in [2.24, 2.45) is 0 Å². The zero-order valence-corrected chi connectivity index (χ0v) is 11.4. The highest BCUT2D eigenvalue weighted by Crippen LogP contribution is 2.25. The molecule has 100 valence electrons. The number of benzene rings is 2. The molecule has 0 aromatic heterocycles. The largest absolute Gasteiger partial charge is 0.497 e. The summed E-state index contributed by atoms with van der Waals surface area (Å²) in [6.07, 6.45) is 2.32. The fourth-order valence-electron chi connectivity index (χ4n) is 2.23. The molecule has 0 saturated heterocycles. The van der Waals surface area contributed by atoms with Gasteiger partial charge in [-0.1, -0.05) is 24.3 Å². The van der Waals surface area contributed by atoms with Gasteiger partial charge < -0.3 is 10.1 Å². The van der Waals surface area contributed by atoms with Crippen LogP contribution in [0, 0.1) is 0 Å². The molecule has 0 fully saturated rings. The minimum atomic E-state index is 0.0952. The summed E-state index contributed by atoms with van der Waals surface area (Å²) in [5.41, 5.74) is 1.26. The highest BCUT2D eigenvalue weighted by molar-refractivity contribution is 5.87. The summed E-state index contributed by atoms with van der Waals surface area (Å²) >= 11 is 0. The van der Waals surface area contributed by atoms with Gasteiger partial charge in [-0.2, -0.15) is 0 Å². The molecule has 0 aliphatic carbocycles. The summed E-state index contributed by atoms with van der Waals surface area (Å²) in [5.74, 6) is 0.962. The second-order valence-electron chi connectivity index (χ2n) is 4.53. The van der Waals surface area contributed by atoms with Crippen LogP contribution >= 0.6 is 0 Å². The highest BCUT2D eigenvalue weighted by atomic mass is 16.5. The van der Waals surface area contributed by atoms with Crippen LogP contribution in [0.4, 0.5) is 0 Å². The van der Waals surface area contributed by atoms with Crippen LogP contribution in [0.5, 0.6) is 5.75 Å². The summed E-state index contributed by atoms with van der Waals surface area (Å²) in [7, 11) is 3.35. The van der Waals surface area contributed by atoms with Crippen molar-refractivity contribution >= 4 is 16.7 Å². The maximum atomic E-state index is 11.2. The van der Waals surface area contributed by atoms with Crippen molar-refractivity contribution in [3.8, 4) is 5.75 Å². The summed E-state index contributed by atoms with van der Waals surface area (Å²) in [4.78, 5) is 11.2. The van der Waals surface area contributed by atoms with Gasteiger partial charge >= 0.3 is 0 Å². The third-order valence-electron chi connectivity index (χ3n) is 3.31. The van der Waals surface area contributed by atoms with E-state index in [-0.39, 0.29) is 5.91 Å². The third kappa shape index (κ3) is 3.25. The van der Waals surface area contributed by atoms with Crippen LogP contribution in [-0.2, 0) is 11.2 Å². The predicted molar refractivity (Wildman–Crippen MR) is 77.5 cm³/mol. The number of nitrogens with one attached hydrogen (secondary N) is 1. The average Bonchev–Trinajstić information content (AvgIpc) is 2.46. The van der Waals surface area contributed by atoms with E-state index in [1.54, 1.807) is 14.2 Å². The number of rotatable bonds is 5. The lowest BCUT2D eigenvalue weighted by atomic mass is 10.00. The molecule has 0 bridgehead atoms. The van der Waals surface area contributed by atoms with Crippen LogP contribution < -0.4 is 10.1 Å². The van der Waals surface area contributed by atoms with Crippen LogP contribution in [0.2, 0.25) is 0 Å². The minimum Gasteiger partial charge on any atom is -0.497 e. The molecular weight excluding hydrogens is 238 g/mol. The van der Waals surface area contributed by atoms with Gasteiger partial charge in [-0.25, -0.2) is 0 Å². The molecule has 1 amide bonds. The molecule has 0 spiro atoms. The lowest BCUT2D eigenvalue weighted by Crippen LogP contribution is -2.17. The Morgan fingerprint density at radius 1 is 1.26 bits per heavy atom. The van der Waals surface area contributed by atoms with Crippen LogP contribution in [0.1, 0.15) is 18.4 Å². The number of hydrogen-bond acceptors (Lipinski definition) is 2. The van der Waals surface area contributed by atoms with Crippen molar-refractivity contribution in [2.75, 3.05) is 14.2 Å². The maximum Gasteiger partial charge on any atom is 0.219 e. The van der Waals surface area contributed by atoms with E-state index in [9.17, 15) is 4.79 Å². The maximum absolute atomic E-state index is 11.2. The molecule has 0 aliphatic rings. The molecule has 2 aromatic carbocycles. The first-order chi connectivity index (χ1) is 9.24. The van der Waals surface area contributed by atoms with E-state index in [1.807, 2.05) is 6.07 Å². The number of aryl methyl sites for hydroxylation is 1. The van der Waals surface area contributed by atoms with Gasteiger partial charge in [0.25, 0.3) is 0 Å². The number of fused-ring (bicyclic) bond motifs is 1. The Labute approximate surface area is 113 Å². The number of carbonyl (C=O) groups excluding carboxylic acids is 1. The Bertz CT molecular complexity index is 578. The van der Waals surface area contributed by atoms with Crippen LogP contribution in [0.25, 0.3) is 10.8 Å². The molecule has 1 N–H and O–H groups in total. The predicted octanol–water partition coefficient (Wildman–Crippen LogP) is 2.92. The van der Waals surface area contributed by atoms with E-state index in [0.717, 1.165) is 18.6 Å². The van der Waals surface area contributed by atoms with Gasteiger partial charge in [-0.05, 0) is 41.3 Å². The zero-order chi connectivity index (χ0) is 13.7. The van der Waals surface area contributed by atoms with Crippen molar-refractivity contribution in [3.63, 3.8) is 0 Å². The lowest BCUT2D eigenvalue weighted by molar-refractivity contribution is -0.120. The molecular formula is C16H19NO2. The van der Waals surface area contributed by atoms with Gasteiger partial charge in [0.15, 0.2) is 0 Å². The van der Waals surface area contributed by atoms with Crippen molar-refractivity contribution in [1.82, 2.24) is 5.32 Å². The standard InChI is InChI=1S/C16H19NO2/c1-17-16(18)8-4-7-12-5-3-6-13-9-10-14(19-2)11-15(12)13/h3,5-6,9-11H,4,7-8H2,1-2H3,(H,17,18). The molecule has 0 radical (unpaired) electrons. The Morgan fingerprint density at radius 3 is 2.84 bits per heavy atom. The highest BCUT2D eigenvalue weighted by Gasteiger charge is 2.04. The molecule has 3 heteroatoms. The van der Waals surface area contributed by atoms with Crippen molar-refractivity contribution in [1.29, 1.82) is 0 Å². The van der Waals surface area contributed by atoms with E-state index >= 15 is 0 Å². The van der Waals surface area contributed by atoms with Crippen molar-refractivity contribution in [2.45, 2.75) is 19.3 Å². The number of ether oxygens (including phenoxy) is 1. The molecule has 3 nitrogen and oxygen atoms in total. The van der Waals surface area contributed by atoms with Gasteiger partial charge in [0.1, 0.15) is 5.75 Å². The quantitative estimate of drug-likeness (QED) is 0.894. The van der Waals surface area contributed by atoms with Gasteiger partial charge in [-0.3, -0.25) is 4.79 Å². The van der Waals surface area contributed by atoms with Gasteiger partial charge in [0.2, 0.25) is 5.91 Å². The molecule has 0 aliphatic heterocycles. The number of carbonyl (C=O) groups is 1. The zero-order valence-electron chi connectivity index (χ0n) is 11.4. The Hall–Kier alpha value is -2.03. The second kappa shape index (κ2) is 6.23. The van der Waals surface area contributed by atoms with E-state index in [1.165, 1.54) is 16.3 Å². The summed E-state index contributed by atoms with van der Waals surface area (Å²) in [6, 6.07) is 12.4. The first-order valence-corrected chi connectivity index (χ1v) is 6.51. The van der Waals surface area contributed by atoms with Crippen LogP contribution in [0.15, 0.2) is 36.4 Å². The summed E-state index contributed by atoms with van der Waals surface area (Å²) in [6.45, 7) is 0. The second-order valence-corrected chi connectivity index (χ2v) is 4.53. The van der Waals surface area contributed by atoms with Crippen LogP contribution in [-0.4, -0.2) is 20.1 Å². The fraction of sp³-hybridized carbons (Fsp3) is 0.312. The molecule has 2 rings (SSSR count). The summed E-state index contributed by atoms with van der Waals surface area (Å²) < 4.78 is 5.27. The first kappa shape index (κ1) is 13.4.